The van der Waals surface area contributed by atoms with Crippen LogP contribution >= 0.6 is 0 Å². The average Bonchev–Trinajstić information content (AvgIpc) is 2.64. The Morgan fingerprint density at radius 2 is 1.46 bits per heavy atom. The number of hydrogen-bond donors (Lipinski definition) is 0. The van der Waals surface area contributed by atoms with E-state index < -0.39 is 16.3 Å². The van der Waals surface area contributed by atoms with E-state index in [9.17, 15) is 19.7 Å². The van der Waals surface area contributed by atoms with Gasteiger partial charge in [0.15, 0.2) is 5.78 Å². The van der Waals surface area contributed by atoms with E-state index in [1.165, 1.54) is 18.5 Å². The number of carbonyl (C=O) groups is 1. The summed E-state index contributed by atoms with van der Waals surface area (Å²) in [5.41, 5.74) is 0.237. The van der Waals surface area contributed by atoms with Crippen LogP contribution in [0, 0.1) is 10.1 Å². The molecule has 3 rings (SSSR count). The standard InChI is InChI=1S/C20H16N2O4/c1-13(23)16-17(14-9-5-3-6-10-14)19(22(25)26)18(21(2)20(16)24)15-11-7-4-8-12-15/h3-12H,1-2H3. The smallest absolute Gasteiger partial charge is 0.302 e. The van der Waals surface area contributed by atoms with E-state index in [2.05, 4.69) is 0 Å². The molecule has 0 amide bonds. The summed E-state index contributed by atoms with van der Waals surface area (Å²) in [7, 11) is 1.44. The van der Waals surface area contributed by atoms with Crippen LogP contribution in [0.2, 0.25) is 0 Å². The molecule has 1 aromatic heterocycles. The summed E-state index contributed by atoms with van der Waals surface area (Å²) in [6.07, 6.45) is 0. The molecule has 0 fully saturated rings. The second-order valence-electron chi connectivity index (χ2n) is 5.86. The summed E-state index contributed by atoms with van der Waals surface area (Å²) in [5, 5.41) is 12.0. The van der Waals surface area contributed by atoms with Crippen molar-refractivity contribution in [1.29, 1.82) is 0 Å². The minimum atomic E-state index is -0.555. The lowest BCUT2D eigenvalue weighted by Gasteiger charge is -2.15. The highest BCUT2D eigenvalue weighted by molar-refractivity contribution is 6.04. The van der Waals surface area contributed by atoms with E-state index >= 15 is 0 Å². The summed E-state index contributed by atoms with van der Waals surface area (Å²) in [5.74, 6) is -0.507. The molecule has 0 radical (unpaired) electrons. The third-order valence-electron chi connectivity index (χ3n) is 4.21. The summed E-state index contributed by atoms with van der Waals surface area (Å²) in [4.78, 5) is 36.6. The number of nitro groups is 1. The Labute approximate surface area is 149 Å². The normalized spacial score (nSPS) is 10.5. The highest BCUT2D eigenvalue weighted by atomic mass is 16.6. The van der Waals surface area contributed by atoms with Crippen molar-refractivity contribution < 1.29 is 9.72 Å². The Morgan fingerprint density at radius 3 is 1.92 bits per heavy atom. The van der Waals surface area contributed by atoms with Crippen LogP contribution < -0.4 is 5.56 Å². The SMILES string of the molecule is CC(=O)c1c(-c2ccccc2)c([N+](=O)[O-])c(-c2ccccc2)n(C)c1=O. The summed E-state index contributed by atoms with van der Waals surface area (Å²) >= 11 is 0. The van der Waals surface area contributed by atoms with Crippen LogP contribution in [0.4, 0.5) is 5.69 Å². The van der Waals surface area contributed by atoms with Gasteiger partial charge in [0.1, 0.15) is 5.69 Å². The van der Waals surface area contributed by atoms with E-state index in [4.69, 9.17) is 0 Å². The maximum atomic E-state index is 12.9. The van der Waals surface area contributed by atoms with Crippen LogP contribution in [-0.2, 0) is 7.05 Å². The van der Waals surface area contributed by atoms with Crippen molar-refractivity contribution in [1.82, 2.24) is 4.57 Å². The highest BCUT2D eigenvalue weighted by Crippen LogP contribution is 2.39. The number of nitrogens with zero attached hydrogens (tertiary/aromatic N) is 2. The van der Waals surface area contributed by atoms with Crippen molar-refractivity contribution in [3.63, 3.8) is 0 Å². The Bertz CT molecular complexity index is 1050. The molecule has 0 unspecified atom stereocenters. The molecule has 2 aromatic carbocycles. The number of rotatable bonds is 4. The zero-order valence-corrected chi connectivity index (χ0v) is 14.3. The fourth-order valence-electron chi connectivity index (χ4n) is 3.09. The van der Waals surface area contributed by atoms with E-state index in [-0.39, 0.29) is 22.5 Å². The Morgan fingerprint density at radius 1 is 0.962 bits per heavy atom. The van der Waals surface area contributed by atoms with Crippen molar-refractivity contribution >= 4 is 11.5 Å². The molecule has 0 saturated carbocycles. The van der Waals surface area contributed by atoms with Crippen molar-refractivity contribution in [3.05, 3.63) is 86.7 Å². The molecule has 0 aliphatic rings. The first-order valence-electron chi connectivity index (χ1n) is 7.96. The monoisotopic (exact) mass is 348 g/mol. The fourth-order valence-corrected chi connectivity index (χ4v) is 3.09. The summed E-state index contributed by atoms with van der Waals surface area (Å²) in [6.45, 7) is 1.25. The first kappa shape index (κ1) is 17.3. The van der Waals surface area contributed by atoms with Gasteiger partial charge < -0.3 is 4.57 Å². The van der Waals surface area contributed by atoms with Gasteiger partial charge in [0, 0.05) is 12.6 Å². The molecule has 26 heavy (non-hydrogen) atoms. The van der Waals surface area contributed by atoms with Crippen LogP contribution in [-0.4, -0.2) is 15.3 Å². The lowest BCUT2D eigenvalue weighted by molar-refractivity contribution is -0.383. The molecule has 0 aliphatic carbocycles. The highest BCUT2D eigenvalue weighted by Gasteiger charge is 2.31. The third kappa shape index (κ3) is 2.82. The van der Waals surface area contributed by atoms with Crippen molar-refractivity contribution in [2.75, 3.05) is 0 Å². The van der Waals surface area contributed by atoms with Gasteiger partial charge in [0.05, 0.1) is 16.1 Å². The largest absolute Gasteiger partial charge is 0.305 e. The van der Waals surface area contributed by atoms with Crippen LogP contribution in [0.25, 0.3) is 22.4 Å². The summed E-state index contributed by atoms with van der Waals surface area (Å²) < 4.78 is 1.18. The molecule has 0 saturated heterocycles. The Hall–Kier alpha value is -3.54. The zero-order valence-electron chi connectivity index (χ0n) is 14.3. The van der Waals surface area contributed by atoms with Gasteiger partial charge in [0.2, 0.25) is 0 Å². The number of benzene rings is 2. The number of ketones is 1. The molecule has 0 aliphatic heterocycles. The van der Waals surface area contributed by atoms with Gasteiger partial charge in [-0.25, -0.2) is 0 Å². The number of hydrogen-bond acceptors (Lipinski definition) is 4. The first-order valence-corrected chi connectivity index (χ1v) is 7.96. The van der Waals surface area contributed by atoms with E-state index in [0.717, 1.165) is 0 Å². The van der Waals surface area contributed by atoms with E-state index in [1.807, 2.05) is 0 Å². The predicted molar refractivity (Wildman–Crippen MR) is 99.2 cm³/mol. The predicted octanol–water partition coefficient (Wildman–Crippen LogP) is 3.83. The molecule has 6 nitrogen and oxygen atoms in total. The molecule has 0 atom stereocenters. The summed E-state index contributed by atoms with van der Waals surface area (Å²) in [6, 6.07) is 17.2. The molecule has 130 valence electrons. The van der Waals surface area contributed by atoms with Gasteiger partial charge in [-0.3, -0.25) is 19.7 Å². The maximum absolute atomic E-state index is 12.9. The van der Waals surface area contributed by atoms with Gasteiger partial charge in [0.25, 0.3) is 5.56 Å². The second kappa shape index (κ2) is 6.76. The lowest BCUT2D eigenvalue weighted by atomic mass is 9.94. The number of Topliss-reactive ketones (excluding diaryl/α,β-unsaturated/α-hetero) is 1. The van der Waals surface area contributed by atoms with Crippen molar-refractivity contribution in [2.45, 2.75) is 6.92 Å². The topological polar surface area (TPSA) is 82.2 Å². The van der Waals surface area contributed by atoms with Crippen LogP contribution in [0.1, 0.15) is 17.3 Å². The van der Waals surface area contributed by atoms with E-state index in [1.54, 1.807) is 60.7 Å². The van der Waals surface area contributed by atoms with Gasteiger partial charge >= 0.3 is 5.69 Å². The molecule has 0 bridgehead atoms. The Kier molecular flexibility index (Phi) is 4.49. The molecular formula is C20H16N2O4. The molecule has 3 aromatic rings. The van der Waals surface area contributed by atoms with Crippen molar-refractivity contribution in [3.8, 4) is 22.4 Å². The molecule has 6 heteroatoms. The minimum Gasteiger partial charge on any atom is -0.305 e. The zero-order chi connectivity index (χ0) is 18.8. The maximum Gasteiger partial charge on any atom is 0.302 e. The van der Waals surface area contributed by atoms with Crippen LogP contribution in [0.3, 0.4) is 0 Å². The molecule has 0 N–H and O–H groups in total. The molecular weight excluding hydrogens is 332 g/mol. The third-order valence-corrected chi connectivity index (χ3v) is 4.21. The average molecular weight is 348 g/mol. The minimum absolute atomic E-state index is 0.0602. The lowest BCUT2D eigenvalue weighted by Crippen LogP contribution is -2.27. The van der Waals surface area contributed by atoms with Gasteiger partial charge in [-0.15, -0.1) is 0 Å². The number of aromatic nitrogens is 1. The van der Waals surface area contributed by atoms with Crippen LogP contribution in [0.5, 0.6) is 0 Å². The molecule has 1 heterocycles. The van der Waals surface area contributed by atoms with Crippen LogP contribution in [0.15, 0.2) is 65.5 Å². The quantitative estimate of drug-likeness (QED) is 0.407. The molecule has 0 spiro atoms. The van der Waals surface area contributed by atoms with E-state index in [0.29, 0.717) is 11.1 Å². The van der Waals surface area contributed by atoms with Crippen molar-refractivity contribution in [2.24, 2.45) is 7.05 Å². The van der Waals surface area contributed by atoms with Gasteiger partial charge in [-0.1, -0.05) is 60.7 Å². The Balaban J connectivity index is 2.57. The van der Waals surface area contributed by atoms with Gasteiger partial charge in [-0.05, 0) is 12.5 Å². The second-order valence-corrected chi connectivity index (χ2v) is 5.86. The number of pyridine rings is 1. The first-order chi connectivity index (χ1) is 12.4. The number of carbonyl (C=O) groups excluding carboxylic acids is 1. The fraction of sp³-hybridized carbons (Fsp3) is 0.100. The van der Waals surface area contributed by atoms with Gasteiger partial charge in [-0.2, -0.15) is 0 Å².